The van der Waals surface area contributed by atoms with Gasteiger partial charge in [-0.2, -0.15) is 0 Å². The van der Waals surface area contributed by atoms with Crippen LogP contribution in [0.3, 0.4) is 0 Å². The molecule has 1 aliphatic rings. The fraction of sp³-hybridized carbons (Fsp3) is 0.294. The second-order valence-electron chi connectivity index (χ2n) is 5.53. The molecule has 0 aliphatic carbocycles. The van der Waals surface area contributed by atoms with Crippen LogP contribution in [0.25, 0.3) is 0 Å². The van der Waals surface area contributed by atoms with Gasteiger partial charge in [-0.3, -0.25) is 9.78 Å². The van der Waals surface area contributed by atoms with Gasteiger partial charge in [-0.1, -0.05) is 12.1 Å². The normalized spacial score (nSPS) is 18.3. The van der Waals surface area contributed by atoms with Crippen molar-refractivity contribution in [3.05, 3.63) is 65.2 Å². The van der Waals surface area contributed by atoms with E-state index in [0.717, 1.165) is 16.7 Å². The summed E-state index contributed by atoms with van der Waals surface area (Å²) in [6.07, 6.45) is 4.06. The van der Waals surface area contributed by atoms with E-state index in [1.54, 1.807) is 18.3 Å². The van der Waals surface area contributed by atoms with Gasteiger partial charge in [-0.05, 0) is 41.8 Å². The molecule has 0 N–H and O–H groups in total. The third-order valence-corrected chi connectivity index (χ3v) is 4.05. The van der Waals surface area contributed by atoms with Crippen LogP contribution in [0, 0.1) is 12.7 Å². The maximum Gasteiger partial charge on any atom is 0.223 e. The highest BCUT2D eigenvalue weighted by molar-refractivity contribution is 5.79. The minimum atomic E-state index is -0.243. The molecule has 108 valence electrons. The highest BCUT2D eigenvalue weighted by Crippen LogP contribution is 2.29. The second kappa shape index (κ2) is 5.64. The average molecular weight is 284 g/mol. The van der Waals surface area contributed by atoms with Crippen molar-refractivity contribution in [2.75, 3.05) is 6.54 Å². The van der Waals surface area contributed by atoms with Crippen molar-refractivity contribution in [2.45, 2.75) is 25.8 Å². The predicted molar refractivity (Wildman–Crippen MR) is 78.1 cm³/mol. The lowest BCUT2D eigenvalue weighted by Gasteiger charge is -2.18. The van der Waals surface area contributed by atoms with Gasteiger partial charge in [-0.25, -0.2) is 4.39 Å². The smallest absolute Gasteiger partial charge is 0.223 e. The summed E-state index contributed by atoms with van der Waals surface area (Å²) in [7, 11) is 0. The molecule has 1 aromatic carbocycles. The Morgan fingerprint density at radius 1 is 1.29 bits per heavy atom. The third kappa shape index (κ3) is 2.94. The number of hydrogen-bond acceptors (Lipinski definition) is 2. The van der Waals surface area contributed by atoms with Crippen molar-refractivity contribution in [3.63, 3.8) is 0 Å². The highest BCUT2D eigenvalue weighted by Gasteiger charge is 2.30. The predicted octanol–water partition coefficient (Wildman–Crippen LogP) is 3.05. The van der Waals surface area contributed by atoms with Gasteiger partial charge in [0.1, 0.15) is 5.82 Å². The molecule has 2 heterocycles. The second-order valence-corrected chi connectivity index (χ2v) is 5.53. The minimum absolute atomic E-state index is 0.153. The molecule has 0 spiro atoms. The van der Waals surface area contributed by atoms with Crippen LogP contribution in [-0.2, 0) is 11.3 Å². The highest BCUT2D eigenvalue weighted by atomic mass is 19.1. The Bertz CT molecular complexity index is 654. The summed E-state index contributed by atoms with van der Waals surface area (Å²) < 4.78 is 13.0. The molecule has 0 saturated carbocycles. The number of halogens is 1. The number of rotatable bonds is 3. The number of hydrogen-bond donors (Lipinski definition) is 0. The minimum Gasteiger partial charge on any atom is -0.338 e. The summed E-state index contributed by atoms with van der Waals surface area (Å²) >= 11 is 0. The molecule has 1 amide bonds. The summed E-state index contributed by atoms with van der Waals surface area (Å²) in [5.41, 5.74) is 3.24. The van der Waals surface area contributed by atoms with E-state index in [2.05, 4.69) is 4.98 Å². The Balaban J connectivity index is 1.73. The molecule has 1 saturated heterocycles. The summed E-state index contributed by atoms with van der Waals surface area (Å²) in [5, 5.41) is 0. The van der Waals surface area contributed by atoms with Gasteiger partial charge >= 0.3 is 0 Å². The van der Waals surface area contributed by atoms with Gasteiger partial charge in [0, 0.05) is 37.8 Å². The van der Waals surface area contributed by atoms with Crippen molar-refractivity contribution in [1.29, 1.82) is 0 Å². The van der Waals surface area contributed by atoms with Crippen molar-refractivity contribution in [1.82, 2.24) is 9.88 Å². The summed E-state index contributed by atoms with van der Waals surface area (Å²) in [5.74, 6) is 0.0631. The van der Waals surface area contributed by atoms with Crippen LogP contribution in [0.4, 0.5) is 4.39 Å². The van der Waals surface area contributed by atoms with E-state index in [-0.39, 0.29) is 17.6 Å². The van der Waals surface area contributed by atoms with Gasteiger partial charge < -0.3 is 4.90 Å². The largest absolute Gasteiger partial charge is 0.338 e. The zero-order chi connectivity index (χ0) is 14.8. The maximum atomic E-state index is 13.0. The van der Waals surface area contributed by atoms with Gasteiger partial charge in [-0.15, -0.1) is 0 Å². The van der Waals surface area contributed by atoms with E-state index in [0.29, 0.717) is 19.5 Å². The lowest BCUT2D eigenvalue weighted by atomic mass is 9.98. The van der Waals surface area contributed by atoms with E-state index in [9.17, 15) is 9.18 Å². The molecule has 4 heteroatoms. The molecule has 1 unspecified atom stereocenters. The fourth-order valence-corrected chi connectivity index (χ4v) is 2.77. The lowest BCUT2D eigenvalue weighted by molar-refractivity contribution is -0.128. The summed E-state index contributed by atoms with van der Waals surface area (Å²) in [4.78, 5) is 18.1. The first kappa shape index (κ1) is 13.7. The van der Waals surface area contributed by atoms with E-state index in [1.807, 2.05) is 24.1 Å². The van der Waals surface area contributed by atoms with Crippen LogP contribution >= 0.6 is 0 Å². The SMILES string of the molecule is Cc1cnccc1CN1CC(c2ccc(F)cc2)CC1=O. The number of likely N-dealkylation sites (tertiary alicyclic amines) is 1. The Hall–Kier alpha value is -2.23. The molecular formula is C17H17FN2O. The van der Waals surface area contributed by atoms with Gasteiger partial charge in [0.15, 0.2) is 0 Å². The van der Waals surface area contributed by atoms with Crippen molar-refractivity contribution >= 4 is 5.91 Å². The van der Waals surface area contributed by atoms with Gasteiger partial charge in [0.25, 0.3) is 0 Å². The number of pyridine rings is 1. The number of nitrogens with zero attached hydrogens (tertiary/aromatic N) is 2. The molecular weight excluding hydrogens is 267 g/mol. The molecule has 2 aromatic rings. The monoisotopic (exact) mass is 284 g/mol. The lowest BCUT2D eigenvalue weighted by Crippen LogP contribution is -2.24. The molecule has 3 rings (SSSR count). The van der Waals surface area contributed by atoms with Crippen LogP contribution in [0.1, 0.15) is 29.0 Å². The van der Waals surface area contributed by atoms with Gasteiger partial charge in [0.05, 0.1) is 0 Å². The van der Waals surface area contributed by atoms with Crippen molar-refractivity contribution in [2.24, 2.45) is 0 Å². The molecule has 1 fully saturated rings. The standard InChI is InChI=1S/C17H17FN2O/c1-12-9-19-7-6-14(12)10-20-11-15(8-17(20)21)13-2-4-16(18)5-3-13/h2-7,9,15H,8,10-11H2,1H3. The maximum absolute atomic E-state index is 13.0. The topological polar surface area (TPSA) is 33.2 Å². The van der Waals surface area contributed by atoms with E-state index >= 15 is 0 Å². The molecule has 1 aliphatic heterocycles. The number of benzene rings is 1. The Labute approximate surface area is 123 Å². The Kier molecular flexibility index (Phi) is 3.69. The van der Waals surface area contributed by atoms with Crippen LogP contribution in [0.5, 0.6) is 0 Å². The number of amides is 1. The van der Waals surface area contributed by atoms with Crippen LogP contribution in [0.15, 0.2) is 42.7 Å². The average Bonchev–Trinajstić information content (AvgIpc) is 2.83. The quantitative estimate of drug-likeness (QED) is 0.868. The zero-order valence-corrected chi connectivity index (χ0v) is 11.9. The number of aromatic nitrogens is 1. The van der Waals surface area contributed by atoms with E-state index < -0.39 is 0 Å². The molecule has 0 bridgehead atoms. The van der Waals surface area contributed by atoms with Gasteiger partial charge in [0.2, 0.25) is 5.91 Å². The van der Waals surface area contributed by atoms with E-state index in [1.165, 1.54) is 12.1 Å². The molecule has 0 radical (unpaired) electrons. The van der Waals surface area contributed by atoms with Crippen LogP contribution < -0.4 is 0 Å². The first-order chi connectivity index (χ1) is 10.1. The molecule has 1 atom stereocenters. The van der Waals surface area contributed by atoms with E-state index in [4.69, 9.17) is 0 Å². The molecule has 21 heavy (non-hydrogen) atoms. The molecule has 3 nitrogen and oxygen atoms in total. The number of carbonyl (C=O) groups is 1. The zero-order valence-electron chi connectivity index (χ0n) is 11.9. The van der Waals surface area contributed by atoms with Crippen molar-refractivity contribution in [3.8, 4) is 0 Å². The number of aryl methyl sites for hydroxylation is 1. The van der Waals surface area contributed by atoms with Crippen LogP contribution in [-0.4, -0.2) is 22.3 Å². The van der Waals surface area contributed by atoms with Crippen LogP contribution in [0.2, 0.25) is 0 Å². The molecule has 1 aromatic heterocycles. The van der Waals surface area contributed by atoms with Crippen molar-refractivity contribution < 1.29 is 9.18 Å². The number of carbonyl (C=O) groups excluding carboxylic acids is 1. The first-order valence-corrected chi connectivity index (χ1v) is 7.06. The Morgan fingerprint density at radius 3 is 2.76 bits per heavy atom. The first-order valence-electron chi connectivity index (χ1n) is 7.06. The Morgan fingerprint density at radius 2 is 2.05 bits per heavy atom. The fourth-order valence-electron chi connectivity index (χ4n) is 2.77. The summed E-state index contributed by atoms with van der Waals surface area (Å²) in [6, 6.07) is 8.40. The third-order valence-electron chi connectivity index (χ3n) is 4.05. The summed E-state index contributed by atoms with van der Waals surface area (Å²) in [6.45, 7) is 3.30.